The molecule has 0 saturated carbocycles. The number of benzene rings is 2. The molecule has 0 heterocycles. The average molecular weight is 279 g/mol. The number of nitrogens with one attached hydrogen (secondary N) is 1. The van der Waals surface area contributed by atoms with Crippen LogP contribution in [0, 0.1) is 11.6 Å². The van der Waals surface area contributed by atoms with Gasteiger partial charge in [-0.1, -0.05) is 12.1 Å². The minimum Gasteiger partial charge on any atom is -0.494 e. The molecule has 2 aromatic carbocycles. The highest BCUT2D eigenvalue weighted by Crippen LogP contribution is 2.22. The van der Waals surface area contributed by atoms with E-state index in [0.29, 0.717) is 11.3 Å². The maximum atomic E-state index is 13.2. The van der Waals surface area contributed by atoms with Crippen molar-refractivity contribution in [2.24, 2.45) is 0 Å². The van der Waals surface area contributed by atoms with E-state index in [1.807, 2.05) is 0 Å². The van der Waals surface area contributed by atoms with Gasteiger partial charge in [0.05, 0.1) is 13.2 Å². The Morgan fingerprint density at radius 2 is 2.00 bits per heavy atom. The lowest BCUT2D eigenvalue weighted by atomic mass is 10.1. The summed E-state index contributed by atoms with van der Waals surface area (Å²) in [4.78, 5) is 0. The molecule has 2 aromatic rings. The lowest BCUT2D eigenvalue weighted by Gasteiger charge is -2.14. The SMILES string of the molecule is COc1cc(NCC(O)c2cccc(F)c2)ccc1F. The van der Waals surface area contributed by atoms with Gasteiger partial charge in [0, 0.05) is 18.3 Å². The molecule has 0 aliphatic carbocycles. The van der Waals surface area contributed by atoms with E-state index in [4.69, 9.17) is 4.74 Å². The van der Waals surface area contributed by atoms with Crippen LogP contribution in [0.2, 0.25) is 0 Å². The molecule has 0 aliphatic rings. The topological polar surface area (TPSA) is 41.5 Å². The first-order valence-electron chi connectivity index (χ1n) is 6.11. The van der Waals surface area contributed by atoms with Crippen molar-refractivity contribution >= 4 is 5.69 Å². The number of anilines is 1. The molecule has 2 rings (SSSR count). The summed E-state index contributed by atoms with van der Waals surface area (Å²) in [7, 11) is 1.38. The number of hydrogen-bond acceptors (Lipinski definition) is 3. The molecule has 0 aromatic heterocycles. The summed E-state index contributed by atoms with van der Waals surface area (Å²) >= 11 is 0. The first-order chi connectivity index (χ1) is 9.60. The largest absolute Gasteiger partial charge is 0.494 e. The van der Waals surface area contributed by atoms with Crippen molar-refractivity contribution in [2.45, 2.75) is 6.10 Å². The molecule has 0 aliphatic heterocycles. The average Bonchev–Trinajstić information content (AvgIpc) is 2.46. The molecule has 0 fully saturated rings. The van der Waals surface area contributed by atoms with Gasteiger partial charge < -0.3 is 15.2 Å². The predicted molar refractivity (Wildman–Crippen MR) is 72.8 cm³/mol. The first-order valence-corrected chi connectivity index (χ1v) is 6.11. The summed E-state index contributed by atoms with van der Waals surface area (Å²) in [5.41, 5.74) is 1.09. The predicted octanol–water partition coefficient (Wildman–Crippen LogP) is 3.12. The van der Waals surface area contributed by atoms with Crippen molar-refractivity contribution in [3.63, 3.8) is 0 Å². The van der Waals surface area contributed by atoms with E-state index in [-0.39, 0.29) is 12.3 Å². The number of hydrogen-bond donors (Lipinski definition) is 2. The molecule has 0 spiro atoms. The second-order valence-electron chi connectivity index (χ2n) is 4.30. The van der Waals surface area contributed by atoms with Crippen molar-refractivity contribution in [1.82, 2.24) is 0 Å². The molecular formula is C15H15F2NO2. The van der Waals surface area contributed by atoms with Gasteiger partial charge in [-0.25, -0.2) is 8.78 Å². The van der Waals surface area contributed by atoms with Gasteiger partial charge in [0.15, 0.2) is 11.6 Å². The maximum Gasteiger partial charge on any atom is 0.165 e. The van der Waals surface area contributed by atoms with E-state index in [2.05, 4.69) is 5.32 Å². The van der Waals surface area contributed by atoms with Gasteiger partial charge in [-0.05, 0) is 29.8 Å². The van der Waals surface area contributed by atoms with Crippen LogP contribution in [-0.2, 0) is 0 Å². The van der Waals surface area contributed by atoms with E-state index in [1.54, 1.807) is 6.07 Å². The van der Waals surface area contributed by atoms with Gasteiger partial charge in [-0.3, -0.25) is 0 Å². The Labute approximate surface area is 115 Å². The number of halogens is 2. The lowest BCUT2D eigenvalue weighted by molar-refractivity contribution is 0.191. The first kappa shape index (κ1) is 14.3. The Hall–Kier alpha value is -2.14. The lowest BCUT2D eigenvalue weighted by Crippen LogP contribution is -2.12. The number of rotatable bonds is 5. The molecule has 3 nitrogen and oxygen atoms in total. The summed E-state index contributed by atoms with van der Waals surface area (Å²) in [6.07, 6.45) is -0.859. The van der Waals surface area contributed by atoms with Crippen molar-refractivity contribution in [1.29, 1.82) is 0 Å². The zero-order valence-electron chi connectivity index (χ0n) is 10.9. The van der Waals surface area contributed by atoms with Crippen LogP contribution in [0.4, 0.5) is 14.5 Å². The van der Waals surface area contributed by atoms with Gasteiger partial charge >= 0.3 is 0 Å². The van der Waals surface area contributed by atoms with Gasteiger partial charge in [0.2, 0.25) is 0 Å². The Morgan fingerprint density at radius 3 is 2.70 bits per heavy atom. The third-order valence-corrected chi connectivity index (χ3v) is 2.88. The second-order valence-corrected chi connectivity index (χ2v) is 4.30. The molecule has 106 valence electrons. The minimum atomic E-state index is -0.859. The molecule has 1 unspecified atom stereocenters. The molecule has 1 atom stereocenters. The van der Waals surface area contributed by atoms with E-state index in [9.17, 15) is 13.9 Å². The van der Waals surface area contributed by atoms with Crippen LogP contribution in [-0.4, -0.2) is 18.8 Å². The Morgan fingerprint density at radius 1 is 1.20 bits per heavy atom. The smallest absolute Gasteiger partial charge is 0.165 e. The summed E-state index contributed by atoms with van der Waals surface area (Å²) < 4.78 is 31.1. The van der Waals surface area contributed by atoms with E-state index in [1.165, 1.54) is 43.5 Å². The van der Waals surface area contributed by atoms with Crippen molar-refractivity contribution < 1.29 is 18.6 Å². The minimum absolute atomic E-state index is 0.121. The molecule has 5 heteroatoms. The molecule has 2 N–H and O–H groups in total. The summed E-state index contributed by atoms with van der Waals surface area (Å²) in [6, 6.07) is 10.1. The standard InChI is InChI=1S/C15H15F2NO2/c1-20-15-8-12(5-6-13(15)17)18-9-14(19)10-3-2-4-11(16)7-10/h2-8,14,18-19H,9H2,1H3. The zero-order chi connectivity index (χ0) is 14.5. The van der Waals surface area contributed by atoms with Crippen LogP contribution in [0.5, 0.6) is 5.75 Å². The van der Waals surface area contributed by atoms with Crippen LogP contribution in [0.1, 0.15) is 11.7 Å². The van der Waals surface area contributed by atoms with Crippen LogP contribution in [0.15, 0.2) is 42.5 Å². The normalized spacial score (nSPS) is 12.0. The third-order valence-electron chi connectivity index (χ3n) is 2.88. The second kappa shape index (κ2) is 6.34. The number of ether oxygens (including phenoxy) is 1. The Balaban J connectivity index is 2.01. The molecule has 0 bridgehead atoms. The number of aliphatic hydroxyl groups is 1. The third kappa shape index (κ3) is 3.45. The fraction of sp³-hybridized carbons (Fsp3) is 0.200. The van der Waals surface area contributed by atoms with Crippen LogP contribution < -0.4 is 10.1 Å². The number of methoxy groups -OCH3 is 1. The van der Waals surface area contributed by atoms with Crippen LogP contribution >= 0.6 is 0 Å². The molecule has 0 radical (unpaired) electrons. The van der Waals surface area contributed by atoms with Gasteiger partial charge in [0.1, 0.15) is 5.82 Å². The van der Waals surface area contributed by atoms with Gasteiger partial charge in [-0.15, -0.1) is 0 Å². The fourth-order valence-electron chi connectivity index (χ4n) is 1.82. The van der Waals surface area contributed by atoms with Crippen molar-refractivity contribution in [2.75, 3.05) is 19.0 Å². The molecule has 0 saturated heterocycles. The maximum absolute atomic E-state index is 13.2. The summed E-state index contributed by atoms with van der Waals surface area (Å²) in [5.74, 6) is -0.732. The zero-order valence-corrected chi connectivity index (χ0v) is 10.9. The van der Waals surface area contributed by atoms with Crippen LogP contribution in [0.3, 0.4) is 0 Å². The van der Waals surface area contributed by atoms with E-state index in [0.717, 1.165) is 0 Å². The van der Waals surface area contributed by atoms with Crippen molar-refractivity contribution in [3.05, 3.63) is 59.7 Å². The highest BCUT2D eigenvalue weighted by molar-refractivity contribution is 5.49. The summed E-state index contributed by atoms with van der Waals surface area (Å²) in [6.45, 7) is 0.179. The molecule has 0 amide bonds. The molecular weight excluding hydrogens is 264 g/mol. The highest BCUT2D eigenvalue weighted by atomic mass is 19.1. The quantitative estimate of drug-likeness (QED) is 0.883. The van der Waals surface area contributed by atoms with Gasteiger partial charge in [0.25, 0.3) is 0 Å². The number of aliphatic hydroxyl groups excluding tert-OH is 1. The molecule has 20 heavy (non-hydrogen) atoms. The monoisotopic (exact) mass is 279 g/mol. The van der Waals surface area contributed by atoms with Gasteiger partial charge in [-0.2, -0.15) is 0 Å². The Kier molecular flexibility index (Phi) is 4.53. The van der Waals surface area contributed by atoms with E-state index >= 15 is 0 Å². The highest BCUT2D eigenvalue weighted by Gasteiger charge is 2.09. The van der Waals surface area contributed by atoms with Crippen molar-refractivity contribution in [3.8, 4) is 5.75 Å². The van der Waals surface area contributed by atoms with Crippen LogP contribution in [0.25, 0.3) is 0 Å². The fourth-order valence-corrected chi connectivity index (χ4v) is 1.82. The summed E-state index contributed by atoms with van der Waals surface area (Å²) in [5, 5.41) is 12.9. The Bertz CT molecular complexity index is 590. The van der Waals surface area contributed by atoms with E-state index < -0.39 is 17.7 Å².